The van der Waals surface area contributed by atoms with Crippen molar-refractivity contribution >= 4 is 11.6 Å². The number of amides is 1. The molecule has 1 aromatic heterocycles. The smallest absolute Gasteiger partial charge is 0.253 e. The number of fused-ring (bicyclic) bond motifs is 1. The summed E-state index contributed by atoms with van der Waals surface area (Å²) in [5, 5.41) is 15.1. The van der Waals surface area contributed by atoms with E-state index in [1.54, 1.807) is 14.2 Å². The first-order chi connectivity index (χ1) is 18.6. The molecule has 0 radical (unpaired) electrons. The molecule has 2 aliphatic rings. The first-order valence-corrected chi connectivity index (χ1v) is 13.2. The van der Waals surface area contributed by atoms with E-state index in [-0.39, 0.29) is 11.9 Å². The van der Waals surface area contributed by atoms with E-state index < -0.39 is 0 Å². The molecule has 2 N–H and O–H groups in total. The summed E-state index contributed by atoms with van der Waals surface area (Å²) in [6.07, 6.45) is 4.63. The van der Waals surface area contributed by atoms with Gasteiger partial charge in [-0.05, 0) is 54.7 Å². The van der Waals surface area contributed by atoms with Crippen molar-refractivity contribution in [3.05, 3.63) is 65.0 Å². The van der Waals surface area contributed by atoms with Gasteiger partial charge in [0.15, 0.2) is 11.5 Å². The zero-order chi connectivity index (χ0) is 26.3. The lowest BCUT2D eigenvalue weighted by Crippen LogP contribution is -2.39. The number of methoxy groups -OCH3 is 2. The Morgan fingerprint density at radius 3 is 2.63 bits per heavy atom. The van der Waals surface area contributed by atoms with Crippen LogP contribution in [0.3, 0.4) is 0 Å². The van der Waals surface area contributed by atoms with Crippen molar-refractivity contribution in [1.29, 1.82) is 0 Å². The molecule has 3 aromatic rings. The van der Waals surface area contributed by atoms with Gasteiger partial charge in [-0.25, -0.2) is 0 Å². The topological polar surface area (TPSA) is 103 Å². The summed E-state index contributed by atoms with van der Waals surface area (Å²) in [7, 11) is 3.34. The van der Waals surface area contributed by atoms with E-state index in [9.17, 15) is 4.79 Å². The van der Waals surface area contributed by atoms with Crippen LogP contribution in [0.25, 0.3) is 0 Å². The van der Waals surface area contributed by atoms with Crippen molar-refractivity contribution in [2.75, 3.05) is 45.8 Å². The zero-order valence-corrected chi connectivity index (χ0v) is 22.1. The van der Waals surface area contributed by atoms with Crippen LogP contribution in [-0.2, 0) is 30.8 Å². The van der Waals surface area contributed by atoms with Gasteiger partial charge >= 0.3 is 0 Å². The van der Waals surface area contributed by atoms with Crippen molar-refractivity contribution in [2.45, 2.75) is 44.9 Å². The zero-order valence-electron chi connectivity index (χ0n) is 22.1. The van der Waals surface area contributed by atoms with Crippen LogP contribution in [0.15, 0.2) is 42.6 Å². The molecular formula is C28H36N6O4. The minimum Gasteiger partial charge on any atom is -0.493 e. The number of para-hydroxylation sites is 1. The van der Waals surface area contributed by atoms with Crippen molar-refractivity contribution in [3.8, 4) is 11.5 Å². The molecule has 0 unspecified atom stereocenters. The quantitative estimate of drug-likeness (QED) is 0.421. The predicted molar refractivity (Wildman–Crippen MR) is 144 cm³/mol. The molecule has 1 amide bonds. The normalized spacial score (nSPS) is 16.1. The highest BCUT2D eigenvalue weighted by molar-refractivity contribution is 5.99. The Hall–Kier alpha value is -3.63. The van der Waals surface area contributed by atoms with Gasteiger partial charge in [0.1, 0.15) is 5.69 Å². The Balaban J connectivity index is 1.13. The van der Waals surface area contributed by atoms with Crippen LogP contribution in [0.2, 0.25) is 0 Å². The Bertz CT molecular complexity index is 1240. The number of hydrogen-bond acceptors (Lipinski definition) is 8. The van der Waals surface area contributed by atoms with E-state index in [0.717, 1.165) is 68.3 Å². The van der Waals surface area contributed by atoms with Crippen LogP contribution in [0.1, 0.15) is 40.0 Å². The maximum atomic E-state index is 12.9. The summed E-state index contributed by atoms with van der Waals surface area (Å²) in [4.78, 5) is 15.3. The summed E-state index contributed by atoms with van der Waals surface area (Å²) in [5.41, 5.74) is 4.83. The Morgan fingerprint density at radius 1 is 1.08 bits per heavy atom. The molecule has 10 heteroatoms. The molecule has 2 aliphatic heterocycles. The molecule has 0 spiro atoms. The van der Waals surface area contributed by atoms with E-state index in [1.807, 2.05) is 35.1 Å². The number of aromatic nitrogens is 3. The second-order valence-corrected chi connectivity index (χ2v) is 9.73. The van der Waals surface area contributed by atoms with Crippen molar-refractivity contribution in [2.24, 2.45) is 0 Å². The molecule has 0 saturated carbocycles. The maximum Gasteiger partial charge on any atom is 0.253 e. The predicted octanol–water partition coefficient (Wildman–Crippen LogP) is 2.87. The number of hydrogen-bond donors (Lipinski definition) is 2. The number of ether oxygens (including phenoxy) is 3. The molecule has 2 aromatic carbocycles. The lowest BCUT2D eigenvalue weighted by molar-refractivity contribution is 0.0697. The van der Waals surface area contributed by atoms with Gasteiger partial charge in [-0.3, -0.25) is 14.4 Å². The molecule has 202 valence electrons. The Kier molecular flexibility index (Phi) is 8.40. The van der Waals surface area contributed by atoms with E-state index >= 15 is 0 Å². The highest BCUT2D eigenvalue weighted by Crippen LogP contribution is 2.33. The van der Waals surface area contributed by atoms with Gasteiger partial charge in [-0.2, -0.15) is 0 Å². The third kappa shape index (κ3) is 6.25. The van der Waals surface area contributed by atoms with Crippen molar-refractivity contribution < 1.29 is 19.0 Å². The number of benzene rings is 2. The minimum atomic E-state index is -0.0668. The number of nitrogens with one attached hydrogen (secondary N) is 2. The number of anilines is 1. The van der Waals surface area contributed by atoms with Gasteiger partial charge in [-0.1, -0.05) is 17.3 Å². The molecule has 0 bridgehead atoms. The van der Waals surface area contributed by atoms with Gasteiger partial charge in [0.25, 0.3) is 5.91 Å². The molecule has 0 aliphatic carbocycles. The molecule has 1 saturated heterocycles. The van der Waals surface area contributed by atoms with Gasteiger partial charge in [-0.15, -0.1) is 5.10 Å². The number of nitrogens with zero attached hydrogens (tertiary/aromatic N) is 4. The van der Waals surface area contributed by atoms with Gasteiger partial charge < -0.3 is 24.8 Å². The molecule has 3 heterocycles. The van der Waals surface area contributed by atoms with Crippen LogP contribution in [0.4, 0.5) is 5.69 Å². The van der Waals surface area contributed by atoms with Crippen molar-refractivity contribution in [3.63, 3.8) is 0 Å². The summed E-state index contributed by atoms with van der Waals surface area (Å²) >= 11 is 0. The fraction of sp³-hybridized carbons (Fsp3) is 0.464. The largest absolute Gasteiger partial charge is 0.493 e. The summed E-state index contributed by atoms with van der Waals surface area (Å²) < 4.78 is 18.2. The standard InChI is InChI=1S/C28H36N6O4/c1-36-26-15-20-7-10-33(18-21(20)16-27(26)37-2)11-12-34-19-23(31-32-34)17-29-25-6-4-3-5-24(25)28(35)30-22-8-13-38-14-9-22/h3-6,15-16,19,22,29H,7-14,17-18H2,1-2H3,(H,30,35). The third-order valence-electron chi connectivity index (χ3n) is 7.22. The Morgan fingerprint density at radius 2 is 1.84 bits per heavy atom. The highest BCUT2D eigenvalue weighted by Gasteiger charge is 2.20. The second-order valence-electron chi connectivity index (χ2n) is 9.73. The lowest BCUT2D eigenvalue weighted by Gasteiger charge is -2.29. The van der Waals surface area contributed by atoms with Crippen LogP contribution in [0.5, 0.6) is 11.5 Å². The van der Waals surface area contributed by atoms with E-state index in [4.69, 9.17) is 14.2 Å². The lowest BCUT2D eigenvalue weighted by atomic mass is 9.99. The summed E-state index contributed by atoms with van der Waals surface area (Å²) in [5.74, 6) is 1.48. The Labute approximate surface area is 223 Å². The first-order valence-electron chi connectivity index (χ1n) is 13.2. The molecule has 5 rings (SSSR count). The minimum absolute atomic E-state index is 0.0668. The summed E-state index contributed by atoms with van der Waals surface area (Å²) in [6.45, 7) is 5.34. The van der Waals surface area contributed by atoms with Gasteiger partial charge in [0.2, 0.25) is 0 Å². The SMILES string of the molecule is COc1cc2c(cc1OC)CN(CCn1cc(CNc3ccccc3C(=O)NC3CCOCC3)nn1)CC2. The van der Waals surface area contributed by atoms with Crippen LogP contribution >= 0.6 is 0 Å². The van der Waals surface area contributed by atoms with E-state index in [0.29, 0.717) is 25.3 Å². The molecule has 0 atom stereocenters. The highest BCUT2D eigenvalue weighted by atomic mass is 16.5. The average molecular weight is 521 g/mol. The van der Waals surface area contributed by atoms with Gasteiger partial charge in [0, 0.05) is 44.6 Å². The number of carbonyl (C=O) groups is 1. The van der Waals surface area contributed by atoms with Gasteiger partial charge in [0.05, 0.1) is 39.1 Å². The summed E-state index contributed by atoms with van der Waals surface area (Å²) in [6, 6.07) is 11.9. The molecule has 10 nitrogen and oxygen atoms in total. The number of carbonyl (C=O) groups excluding carboxylic acids is 1. The van der Waals surface area contributed by atoms with Crippen molar-refractivity contribution in [1.82, 2.24) is 25.2 Å². The van der Waals surface area contributed by atoms with Crippen LogP contribution in [0, 0.1) is 0 Å². The monoisotopic (exact) mass is 520 g/mol. The first kappa shape index (κ1) is 26.0. The molecule has 1 fully saturated rings. The maximum absolute atomic E-state index is 12.9. The fourth-order valence-electron chi connectivity index (χ4n) is 5.03. The third-order valence-corrected chi connectivity index (χ3v) is 7.22. The van der Waals surface area contributed by atoms with Crippen LogP contribution in [-0.4, -0.2) is 72.4 Å². The van der Waals surface area contributed by atoms with E-state index in [1.165, 1.54) is 11.1 Å². The fourth-order valence-corrected chi connectivity index (χ4v) is 5.03. The molecular weight excluding hydrogens is 484 g/mol. The van der Waals surface area contributed by atoms with E-state index in [2.05, 4.69) is 38.0 Å². The molecule has 38 heavy (non-hydrogen) atoms. The average Bonchev–Trinajstić information content (AvgIpc) is 3.42. The van der Waals surface area contributed by atoms with Crippen LogP contribution < -0.4 is 20.1 Å². The second kappa shape index (κ2) is 12.3. The number of rotatable bonds is 10.